The van der Waals surface area contributed by atoms with Crippen LogP contribution in [0.3, 0.4) is 0 Å². The number of rotatable bonds is 6. The normalized spacial score (nSPS) is 11.9. The van der Waals surface area contributed by atoms with Crippen molar-refractivity contribution in [2.24, 2.45) is 5.73 Å². The second-order valence-corrected chi connectivity index (χ2v) is 6.20. The quantitative estimate of drug-likeness (QED) is 0.613. The summed E-state index contributed by atoms with van der Waals surface area (Å²) in [5.74, 6) is -1.81. The van der Waals surface area contributed by atoms with Gasteiger partial charge in [0.25, 0.3) is 11.8 Å². The Bertz CT molecular complexity index is 826. The first-order valence-electron chi connectivity index (χ1n) is 7.51. The second-order valence-electron chi connectivity index (χ2n) is 5.29. The first-order valence-corrected chi connectivity index (χ1v) is 8.39. The molecule has 25 heavy (non-hydrogen) atoms. The number of ether oxygens (including phenoxy) is 1. The zero-order valence-corrected chi connectivity index (χ0v) is 14.6. The van der Waals surface area contributed by atoms with Crippen LogP contribution in [0.2, 0.25) is 0 Å². The summed E-state index contributed by atoms with van der Waals surface area (Å²) < 4.78 is 5.07. The molecular formula is C18H18N2O4S. The van der Waals surface area contributed by atoms with Gasteiger partial charge in [0.05, 0.1) is 5.56 Å². The van der Waals surface area contributed by atoms with Gasteiger partial charge in [-0.2, -0.15) is 0 Å². The fraction of sp³-hybridized carbons (Fsp3) is 0.167. The van der Waals surface area contributed by atoms with Gasteiger partial charge in [0.1, 0.15) is 5.00 Å². The molecular weight excluding hydrogens is 340 g/mol. The van der Waals surface area contributed by atoms with Gasteiger partial charge in [-0.05, 0) is 42.5 Å². The highest BCUT2D eigenvalue weighted by molar-refractivity contribution is 7.14. The van der Waals surface area contributed by atoms with E-state index in [-0.39, 0.29) is 5.56 Å². The van der Waals surface area contributed by atoms with Crippen LogP contribution in [0.4, 0.5) is 5.00 Å². The maximum Gasteiger partial charge on any atom is 0.331 e. The molecule has 2 amide bonds. The minimum atomic E-state index is -1.02. The summed E-state index contributed by atoms with van der Waals surface area (Å²) in [4.78, 5) is 35.2. The van der Waals surface area contributed by atoms with Crippen molar-refractivity contribution in [1.82, 2.24) is 0 Å². The number of nitrogens with one attached hydrogen (secondary N) is 1. The number of hydrogen-bond acceptors (Lipinski definition) is 5. The van der Waals surface area contributed by atoms with Crippen LogP contribution in [-0.4, -0.2) is 23.9 Å². The van der Waals surface area contributed by atoms with E-state index in [0.29, 0.717) is 5.00 Å². The molecule has 7 heteroatoms. The monoisotopic (exact) mass is 358 g/mol. The lowest BCUT2D eigenvalue weighted by atomic mass is 10.1. The Morgan fingerprint density at radius 1 is 1.24 bits per heavy atom. The molecule has 0 bridgehead atoms. The zero-order chi connectivity index (χ0) is 18.4. The predicted octanol–water partition coefficient (Wildman–Crippen LogP) is 2.74. The summed E-state index contributed by atoms with van der Waals surface area (Å²) in [6.45, 7) is 3.38. The third-order valence-electron chi connectivity index (χ3n) is 3.42. The largest absolute Gasteiger partial charge is 0.449 e. The van der Waals surface area contributed by atoms with Crippen molar-refractivity contribution >= 4 is 40.2 Å². The molecule has 0 radical (unpaired) electrons. The molecule has 6 nitrogen and oxygen atoms in total. The maximum absolute atomic E-state index is 12.1. The van der Waals surface area contributed by atoms with E-state index in [1.165, 1.54) is 19.1 Å². The molecule has 0 saturated heterocycles. The van der Waals surface area contributed by atoms with Gasteiger partial charge in [0, 0.05) is 6.08 Å². The van der Waals surface area contributed by atoms with E-state index >= 15 is 0 Å². The van der Waals surface area contributed by atoms with E-state index in [1.54, 1.807) is 11.5 Å². The number of primary amides is 1. The van der Waals surface area contributed by atoms with E-state index in [2.05, 4.69) is 5.32 Å². The van der Waals surface area contributed by atoms with Gasteiger partial charge in [-0.25, -0.2) is 4.79 Å². The Hall–Kier alpha value is -2.93. The molecule has 0 spiro atoms. The van der Waals surface area contributed by atoms with Crippen LogP contribution in [0.1, 0.15) is 28.4 Å². The SMILES string of the molecule is Cc1ccccc1/C=C/C(=O)O[C@H](C)C(=O)Nc1sccc1C(N)=O. The molecule has 0 unspecified atom stereocenters. The van der Waals surface area contributed by atoms with E-state index < -0.39 is 23.9 Å². The molecule has 2 aromatic rings. The Labute approximate surface area is 149 Å². The lowest BCUT2D eigenvalue weighted by molar-refractivity contribution is -0.148. The van der Waals surface area contributed by atoms with E-state index in [1.807, 2.05) is 31.2 Å². The number of carbonyl (C=O) groups is 3. The van der Waals surface area contributed by atoms with Crippen molar-refractivity contribution in [3.8, 4) is 0 Å². The van der Waals surface area contributed by atoms with Gasteiger partial charge in [-0.1, -0.05) is 24.3 Å². The van der Waals surface area contributed by atoms with Gasteiger partial charge >= 0.3 is 5.97 Å². The van der Waals surface area contributed by atoms with Crippen molar-refractivity contribution in [2.75, 3.05) is 5.32 Å². The summed E-state index contributed by atoms with van der Waals surface area (Å²) in [7, 11) is 0. The second kappa shape index (κ2) is 8.25. The van der Waals surface area contributed by atoms with Crippen LogP contribution >= 0.6 is 11.3 Å². The molecule has 1 aromatic carbocycles. The Kier molecular flexibility index (Phi) is 6.08. The summed E-state index contributed by atoms with van der Waals surface area (Å²) in [5, 5.41) is 4.50. The van der Waals surface area contributed by atoms with Crippen LogP contribution in [0, 0.1) is 6.92 Å². The van der Waals surface area contributed by atoms with E-state index in [0.717, 1.165) is 22.5 Å². The minimum absolute atomic E-state index is 0.219. The predicted molar refractivity (Wildman–Crippen MR) is 97.2 cm³/mol. The summed E-state index contributed by atoms with van der Waals surface area (Å²) in [5.41, 5.74) is 7.35. The molecule has 1 atom stereocenters. The molecule has 0 fully saturated rings. The molecule has 1 heterocycles. The number of thiophene rings is 1. The Morgan fingerprint density at radius 2 is 1.96 bits per heavy atom. The fourth-order valence-electron chi connectivity index (χ4n) is 2.01. The van der Waals surface area contributed by atoms with E-state index in [4.69, 9.17) is 10.5 Å². The summed E-state index contributed by atoms with van der Waals surface area (Å²) in [6.07, 6.45) is 1.88. The zero-order valence-electron chi connectivity index (χ0n) is 13.8. The van der Waals surface area contributed by atoms with Gasteiger partial charge in [0.2, 0.25) is 0 Å². The number of anilines is 1. The standard InChI is InChI=1S/C18H18N2O4S/c1-11-5-3-4-6-13(11)7-8-15(21)24-12(2)17(23)20-18-14(16(19)22)9-10-25-18/h3-10,12H,1-2H3,(H2,19,22)(H,20,23)/b8-7+/t12-/m1/s1. The number of benzene rings is 1. The highest BCUT2D eigenvalue weighted by Crippen LogP contribution is 2.23. The van der Waals surface area contributed by atoms with Crippen molar-refractivity contribution in [1.29, 1.82) is 0 Å². The van der Waals surface area contributed by atoms with Crippen LogP contribution in [0.5, 0.6) is 0 Å². The number of hydrogen-bond donors (Lipinski definition) is 2. The summed E-state index contributed by atoms with van der Waals surface area (Å²) in [6, 6.07) is 9.09. The van der Waals surface area contributed by atoms with Gasteiger partial charge in [-0.3, -0.25) is 9.59 Å². The highest BCUT2D eigenvalue weighted by Gasteiger charge is 2.19. The van der Waals surface area contributed by atoms with Crippen LogP contribution in [0.15, 0.2) is 41.8 Å². The van der Waals surface area contributed by atoms with Crippen LogP contribution in [0.25, 0.3) is 6.08 Å². The van der Waals surface area contributed by atoms with Gasteiger partial charge in [-0.15, -0.1) is 11.3 Å². The average Bonchev–Trinajstić information content (AvgIpc) is 3.02. The third-order valence-corrected chi connectivity index (χ3v) is 4.25. The molecule has 3 N–H and O–H groups in total. The number of nitrogens with two attached hydrogens (primary N) is 1. The molecule has 130 valence electrons. The average molecular weight is 358 g/mol. The maximum atomic E-state index is 12.1. The Balaban J connectivity index is 1.94. The molecule has 2 rings (SSSR count). The van der Waals surface area contributed by atoms with Crippen molar-refractivity contribution in [3.63, 3.8) is 0 Å². The summed E-state index contributed by atoms with van der Waals surface area (Å²) >= 11 is 1.16. The molecule has 0 aliphatic carbocycles. The number of carbonyl (C=O) groups excluding carboxylic acids is 3. The van der Waals surface area contributed by atoms with Gasteiger partial charge in [0.15, 0.2) is 6.10 Å². The number of amides is 2. The topological polar surface area (TPSA) is 98.5 Å². The Morgan fingerprint density at radius 3 is 2.64 bits per heavy atom. The fourth-order valence-corrected chi connectivity index (χ4v) is 2.81. The first-order chi connectivity index (χ1) is 11.9. The van der Waals surface area contributed by atoms with Crippen molar-refractivity contribution < 1.29 is 19.1 Å². The van der Waals surface area contributed by atoms with E-state index in [9.17, 15) is 14.4 Å². The van der Waals surface area contributed by atoms with Gasteiger partial charge < -0.3 is 15.8 Å². The molecule has 0 saturated carbocycles. The van der Waals surface area contributed by atoms with Crippen LogP contribution < -0.4 is 11.1 Å². The minimum Gasteiger partial charge on any atom is -0.449 e. The lowest BCUT2D eigenvalue weighted by Gasteiger charge is -2.12. The van der Waals surface area contributed by atoms with Crippen molar-refractivity contribution in [2.45, 2.75) is 20.0 Å². The first kappa shape index (κ1) is 18.4. The number of aryl methyl sites for hydroxylation is 1. The lowest BCUT2D eigenvalue weighted by Crippen LogP contribution is -2.29. The molecule has 0 aliphatic heterocycles. The molecule has 0 aliphatic rings. The third kappa shape index (κ3) is 5.02. The van der Waals surface area contributed by atoms with Crippen LogP contribution in [-0.2, 0) is 14.3 Å². The smallest absolute Gasteiger partial charge is 0.331 e. The van der Waals surface area contributed by atoms with Crippen molar-refractivity contribution in [3.05, 3.63) is 58.5 Å². The highest BCUT2D eigenvalue weighted by atomic mass is 32.1. The molecule has 1 aromatic heterocycles. The number of esters is 1.